The Hall–Kier alpha value is -1.33. The second-order valence-corrected chi connectivity index (χ2v) is 6.30. The Labute approximate surface area is 131 Å². The first kappa shape index (κ1) is 15.6. The molecule has 5 nitrogen and oxygen atoms in total. The van der Waals surface area contributed by atoms with Crippen molar-refractivity contribution in [3.8, 4) is 0 Å². The SMILES string of the molecule is CCOC[C@H]1CCC[C@@]12CN(C(=O)c1ccc(C)o1)CCO2. The molecule has 22 heavy (non-hydrogen) atoms. The van der Waals surface area contributed by atoms with E-state index in [9.17, 15) is 4.79 Å². The number of furan rings is 1. The molecule has 5 heteroatoms. The highest BCUT2D eigenvalue weighted by Crippen LogP contribution is 2.41. The Bertz CT molecular complexity index is 526. The monoisotopic (exact) mass is 307 g/mol. The van der Waals surface area contributed by atoms with E-state index in [1.165, 1.54) is 0 Å². The minimum atomic E-state index is -0.231. The molecule has 0 bridgehead atoms. The lowest BCUT2D eigenvalue weighted by Crippen LogP contribution is -2.56. The number of rotatable bonds is 4. The first-order valence-electron chi connectivity index (χ1n) is 8.22. The van der Waals surface area contributed by atoms with Gasteiger partial charge in [-0.05, 0) is 38.8 Å². The average Bonchev–Trinajstić information content (AvgIpc) is 3.11. The van der Waals surface area contributed by atoms with Crippen LogP contribution in [0.25, 0.3) is 0 Å². The Morgan fingerprint density at radius 2 is 2.36 bits per heavy atom. The molecule has 0 aromatic carbocycles. The highest BCUT2D eigenvalue weighted by Gasteiger charge is 2.48. The maximum atomic E-state index is 12.6. The number of morpholine rings is 1. The van der Waals surface area contributed by atoms with E-state index in [-0.39, 0.29) is 11.5 Å². The third kappa shape index (κ3) is 2.92. The number of carbonyl (C=O) groups is 1. The van der Waals surface area contributed by atoms with Crippen molar-refractivity contribution in [3.63, 3.8) is 0 Å². The van der Waals surface area contributed by atoms with Crippen LogP contribution >= 0.6 is 0 Å². The molecule has 1 saturated carbocycles. The van der Waals surface area contributed by atoms with Gasteiger partial charge in [0.05, 0.1) is 25.4 Å². The third-order valence-electron chi connectivity index (χ3n) is 4.87. The molecule has 1 aliphatic carbocycles. The smallest absolute Gasteiger partial charge is 0.289 e. The van der Waals surface area contributed by atoms with Crippen LogP contribution in [0.2, 0.25) is 0 Å². The van der Waals surface area contributed by atoms with E-state index >= 15 is 0 Å². The fourth-order valence-corrected chi connectivity index (χ4v) is 3.69. The van der Waals surface area contributed by atoms with Crippen LogP contribution in [0.3, 0.4) is 0 Å². The molecule has 0 N–H and O–H groups in total. The van der Waals surface area contributed by atoms with Crippen LogP contribution in [-0.2, 0) is 9.47 Å². The fourth-order valence-electron chi connectivity index (χ4n) is 3.69. The summed E-state index contributed by atoms with van der Waals surface area (Å²) in [5.41, 5.74) is -0.231. The van der Waals surface area contributed by atoms with E-state index in [2.05, 4.69) is 0 Å². The van der Waals surface area contributed by atoms with Crippen LogP contribution in [0.5, 0.6) is 0 Å². The van der Waals surface area contributed by atoms with Crippen molar-refractivity contribution in [2.45, 2.75) is 38.7 Å². The zero-order valence-electron chi connectivity index (χ0n) is 13.5. The summed E-state index contributed by atoms with van der Waals surface area (Å²) < 4.78 is 17.3. The summed E-state index contributed by atoms with van der Waals surface area (Å²) in [6.45, 7) is 7.17. The second kappa shape index (κ2) is 6.42. The number of hydrogen-bond acceptors (Lipinski definition) is 4. The molecule has 3 rings (SSSR count). The van der Waals surface area contributed by atoms with E-state index in [1.54, 1.807) is 6.07 Å². The summed E-state index contributed by atoms with van der Waals surface area (Å²) in [6, 6.07) is 3.59. The van der Waals surface area contributed by atoms with Crippen LogP contribution in [-0.4, -0.2) is 49.3 Å². The summed E-state index contributed by atoms with van der Waals surface area (Å²) in [5.74, 6) is 1.54. The molecular formula is C17H25NO4. The van der Waals surface area contributed by atoms with E-state index in [0.717, 1.165) is 38.2 Å². The Morgan fingerprint density at radius 1 is 1.50 bits per heavy atom. The van der Waals surface area contributed by atoms with Gasteiger partial charge in [-0.3, -0.25) is 4.79 Å². The molecule has 2 atom stereocenters. The number of carbonyl (C=O) groups excluding carboxylic acids is 1. The number of ether oxygens (including phenoxy) is 2. The zero-order valence-corrected chi connectivity index (χ0v) is 13.5. The highest BCUT2D eigenvalue weighted by atomic mass is 16.5. The van der Waals surface area contributed by atoms with Gasteiger partial charge in [-0.15, -0.1) is 0 Å². The molecule has 1 aliphatic heterocycles. The summed E-state index contributed by atoms with van der Waals surface area (Å²) in [5, 5.41) is 0. The lowest BCUT2D eigenvalue weighted by Gasteiger charge is -2.43. The first-order chi connectivity index (χ1) is 10.6. The molecule has 1 spiro atoms. The van der Waals surface area contributed by atoms with Gasteiger partial charge in [0.2, 0.25) is 0 Å². The quantitative estimate of drug-likeness (QED) is 0.858. The van der Waals surface area contributed by atoms with E-state index < -0.39 is 0 Å². The van der Waals surface area contributed by atoms with Crippen molar-refractivity contribution in [2.75, 3.05) is 32.9 Å². The molecule has 122 valence electrons. The average molecular weight is 307 g/mol. The predicted octanol–water partition coefficient (Wildman–Crippen LogP) is 2.64. The number of nitrogens with zero attached hydrogens (tertiary/aromatic N) is 1. The van der Waals surface area contributed by atoms with Gasteiger partial charge in [-0.2, -0.15) is 0 Å². The van der Waals surface area contributed by atoms with Crippen molar-refractivity contribution >= 4 is 5.91 Å². The molecule has 0 unspecified atom stereocenters. The van der Waals surface area contributed by atoms with E-state index in [0.29, 0.717) is 31.4 Å². The van der Waals surface area contributed by atoms with Gasteiger partial charge in [-0.25, -0.2) is 0 Å². The maximum absolute atomic E-state index is 12.6. The lowest BCUT2D eigenvalue weighted by atomic mass is 9.89. The second-order valence-electron chi connectivity index (χ2n) is 6.30. The Morgan fingerprint density at radius 3 is 3.09 bits per heavy atom. The van der Waals surface area contributed by atoms with Gasteiger partial charge >= 0.3 is 0 Å². The third-order valence-corrected chi connectivity index (χ3v) is 4.87. The molecule has 1 aromatic heterocycles. The molecule has 1 saturated heterocycles. The van der Waals surface area contributed by atoms with Crippen LogP contribution in [0.4, 0.5) is 0 Å². The molecule has 2 fully saturated rings. The number of hydrogen-bond donors (Lipinski definition) is 0. The highest BCUT2D eigenvalue weighted by molar-refractivity contribution is 5.91. The van der Waals surface area contributed by atoms with E-state index in [4.69, 9.17) is 13.9 Å². The van der Waals surface area contributed by atoms with Crippen molar-refractivity contribution in [1.82, 2.24) is 4.90 Å². The Balaban J connectivity index is 1.71. The summed E-state index contributed by atoms with van der Waals surface area (Å²) >= 11 is 0. The lowest BCUT2D eigenvalue weighted by molar-refractivity contribution is -0.133. The van der Waals surface area contributed by atoms with E-state index in [1.807, 2.05) is 24.8 Å². The van der Waals surface area contributed by atoms with Crippen molar-refractivity contribution < 1.29 is 18.7 Å². The predicted molar refractivity (Wildman–Crippen MR) is 81.9 cm³/mol. The zero-order chi connectivity index (χ0) is 15.6. The number of amides is 1. The van der Waals surface area contributed by atoms with Crippen LogP contribution in [0.15, 0.2) is 16.5 Å². The van der Waals surface area contributed by atoms with Gasteiger partial charge in [-0.1, -0.05) is 6.42 Å². The minimum absolute atomic E-state index is 0.0298. The largest absolute Gasteiger partial charge is 0.456 e. The van der Waals surface area contributed by atoms with Crippen LogP contribution in [0, 0.1) is 12.8 Å². The standard InChI is InChI=1S/C17H25NO4/c1-3-20-11-14-5-4-8-17(14)12-18(9-10-21-17)16(19)15-7-6-13(2)22-15/h6-7,14H,3-5,8-12H2,1-2H3/t14-,17-/m1/s1. The summed E-state index contributed by atoms with van der Waals surface area (Å²) in [4.78, 5) is 14.5. The van der Waals surface area contributed by atoms with Crippen molar-refractivity contribution in [1.29, 1.82) is 0 Å². The molecule has 1 amide bonds. The fraction of sp³-hybridized carbons (Fsp3) is 0.706. The number of aryl methyl sites for hydroxylation is 1. The summed E-state index contributed by atoms with van der Waals surface area (Å²) in [7, 11) is 0. The minimum Gasteiger partial charge on any atom is -0.456 e. The van der Waals surface area contributed by atoms with Gasteiger partial charge < -0.3 is 18.8 Å². The van der Waals surface area contributed by atoms with Gasteiger partial charge in [0, 0.05) is 19.1 Å². The van der Waals surface area contributed by atoms with Gasteiger partial charge in [0.15, 0.2) is 5.76 Å². The molecule has 2 heterocycles. The topological polar surface area (TPSA) is 51.9 Å². The Kier molecular flexibility index (Phi) is 4.54. The van der Waals surface area contributed by atoms with Crippen LogP contribution < -0.4 is 0 Å². The van der Waals surface area contributed by atoms with Gasteiger partial charge in [0.25, 0.3) is 5.91 Å². The van der Waals surface area contributed by atoms with Gasteiger partial charge in [0.1, 0.15) is 5.76 Å². The first-order valence-corrected chi connectivity index (χ1v) is 8.22. The molecule has 1 aromatic rings. The van der Waals surface area contributed by atoms with Crippen LogP contribution in [0.1, 0.15) is 42.5 Å². The van der Waals surface area contributed by atoms with Crippen molar-refractivity contribution in [3.05, 3.63) is 23.7 Å². The normalized spacial score (nSPS) is 28.5. The molecular weight excluding hydrogens is 282 g/mol. The molecule has 2 aliphatic rings. The maximum Gasteiger partial charge on any atom is 0.289 e. The molecule has 0 radical (unpaired) electrons. The van der Waals surface area contributed by atoms with Crippen molar-refractivity contribution in [2.24, 2.45) is 5.92 Å². The summed E-state index contributed by atoms with van der Waals surface area (Å²) in [6.07, 6.45) is 3.26.